The molecule has 0 atom stereocenters. The number of rotatable bonds is 14. The molecule has 0 bridgehead atoms. The van der Waals surface area contributed by atoms with E-state index in [2.05, 4.69) is 16.9 Å². The number of ether oxygens (including phenoxy) is 2. The van der Waals surface area contributed by atoms with Gasteiger partial charge >= 0.3 is 5.97 Å². The fourth-order valence-electron chi connectivity index (χ4n) is 4.39. The summed E-state index contributed by atoms with van der Waals surface area (Å²) >= 11 is 0. The fourth-order valence-corrected chi connectivity index (χ4v) is 5.48. The quantitative estimate of drug-likeness (QED) is 0.169. The summed E-state index contributed by atoms with van der Waals surface area (Å²) in [4.78, 5) is 39.0. The first-order valence-electron chi connectivity index (χ1n) is 13.2. The third-order valence-corrected chi connectivity index (χ3v) is 7.78. The topological polar surface area (TPSA) is 119 Å². The SMILES string of the molecule is CCOC(=O)CCCN1C(=O)c2cc(NS(=O)(=O)c3ccccc3)c(OCCCCc3ccccc3)cc2C1=O. The number of imide groups is 1. The molecule has 1 aliphatic rings. The number of anilines is 1. The second-order valence-corrected chi connectivity index (χ2v) is 11.0. The van der Waals surface area contributed by atoms with Crippen molar-refractivity contribution in [3.8, 4) is 5.75 Å². The van der Waals surface area contributed by atoms with E-state index in [0.29, 0.717) is 6.42 Å². The van der Waals surface area contributed by atoms with E-state index in [9.17, 15) is 22.8 Å². The molecule has 0 fully saturated rings. The lowest BCUT2D eigenvalue weighted by Crippen LogP contribution is -2.31. The summed E-state index contributed by atoms with van der Waals surface area (Å²) in [5, 5.41) is 0. The predicted molar refractivity (Wildman–Crippen MR) is 150 cm³/mol. The first-order valence-corrected chi connectivity index (χ1v) is 14.7. The van der Waals surface area contributed by atoms with E-state index in [1.165, 1.54) is 29.8 Å². The number of esters is 1. The van der Waals surface area contributed by atoms with E-state index in [0.717, 1.165) is 17.7 Å². The zero-order valence-corrected chi connectivity index (χ0v) is 23.1. The Morgan fingerprint density at radius 2 is 1.52 bits per heavy atom. The van der Waals surface area contributed by atoms with Crippen molar-refractivity contribution in [1.82, 2.24) is 4.90 Å². The third-order valence-electron chi connectivity index (χ3n) is 6.40. The van der Waals surface area contributed by atoms with Gasteiger partial charge in [0.1, 0.15) is 5.75 Å². The van der Waals surface area contributed by atoms with Crippen LogP contribution in [0.2, 0.25) is 0 Å². The van der Waals surface area contributed by atoms with E-state index >= 15 is 0 Å². The summed E-state index contributed by atoms with van der Waals surface area (Å²) in [6.45, 7) is 2.28. The molecule has 0 unspecified atom stereocenters. The van der Waals surface area contributed by atoms with Crippen molar-refractivity contribution >= 4 is 33.5 Å². The fraction of sp³-hybridized carbons (Fsp3) is 0.300. The van der Waals surface area contributed by atoms with Gasteiger partial charge in [-0.25, -0.2) is 8.42 Å². The molecule has 210 valence electrons. The second kappa shape index (κ2) is 13.3. The van der Waals surface area contributed by atoms with Crippen LogP contribution in [0.4, 0.5) is 5.69 Å². The maximum Gasteiger partial charge on any atom is 0.305 e. The maximum absolute atomic E-state index is 13.1. The summed E-state index contributed by atoms with van der Waals surface area (Å²) in [7, 11) is -3.99. The van der Waals surface area contributed by atoms with Gasteiger partial charge in [-0.3, -0.25) is 24.0 Å². The van der Waals surface area contributed by atoms with E-state index in [1.807, 2.05) is 18.2 Å². The molecule has 0 saturated carbocycles. The molecule has 0 aliphatic carbocycles. The standard InChI is InChI=1S/C30H32N2O7S/c1-2-38-28(33)17-11-18-32-29(34)24-20-26(31-40(36,37)23-15-7-4-8-16-23)27(21-25(24)30(32)35)39-19-10-9-14-22-12-5-3-6-13-22/h3-8,12-13,15-16,20-21,31H,2,9-11,14,17-19H2,1H3. The number of aryl methyl sites for hydroxylation is 1. The molecule has 0 saturated heterocycles. The first kappa shape index (κ1) is 28.8. The van der Waals surface area contributed by atoms with Crippen LogP contribution in [0.15, 0.2) is 77.7 Å². The van der Waals surface area contributed by atoms with Gasteiger partial charge in [-0.2, -0.15) is 0 Å². The van der Waals surface area contributed by atoms with Gasteiger partial charge in [0.25, 0.3) is 21.8 Å². The number of nitrogens with one attached hydrogen (secondary N) is 1. The summed E-state index contributed by atoms with van der Waals surface area (Å²) in [6, 6.07) is 20.7. The van der Waals surface area contributed by atoms with Crippen molar-refractivity contribution in [3.05, 3.63) is 89.5 Å². The Morgan fingerprint density at radius 3 is 2.20 bits per heavy atom. The smallest absolute Gasteiger partial charge is 0.305 e. The number of nitrogens with zero attached hydrogens (tertiary/aromatic N) is 1. The van der Waals surface area contributed by atoms with Gasteiger partial charge in [-0.15, -0.1) is 0 Å². The van der Waals surface area contributed by atoms with Gasteiger partial charge in [0.2, 0.25) is 0 Å². The van der Waals surface area contributed by atoms with Crippen molar-refractivity contribution < 1.29 is 32.3 Å². The predicted octanol–water partition coefficient (Wildman–Crippen LogP) is 4.83. The highest BCUT2D eigenvalue weighted by atomic mass is 32.2. The molecular formula is C30H32N2O7S. The summed E-state index contributed by atoms with van der Waals surface area (Å²) in [5.41, 5.74) is 1.48. The average molecular weight is 565 g/mol. The van der Waals surface area contributed by atoms with Crippen LogP contribution in [0.5, 0.6) is 5.75 Å². The number of hydrogen-bond acceptors (Lipinski definition) is 7. The molecular weight excluding hydrogens is 532 g/mol. The van der Waals surface area contributed by atoms with Crippen molar-refractivity contribution in [2.45, 2.75) is 43.9 Å². The number of carbonyl (C=O) groups excluding carboxylic acids is 3. The molecule has 2 amide bonds. The maximum atomic E-state index is 13.1. The van der Waals surface area contributed by atoms with Crippen molar-refractivity contribution in [1.29, 1.82) is 0 Å². The Balaban J connectivity index is 1.52. The lowest BCUT2D eigenvalue weighted by molar-refractivity contribution is -0.143. The average Bonchev–Trinajstić information content (AvgIpc) is 3.18. The van der Waals surface area contributed by atoms with Crippen LogP contribution in [0.3, 0.4) is 0 Å². The summed E-state index contributed by atoms with van der Waals surface area (Å²) < 4.78 is 39.6. The van der Waals surface area contributed by atoms with Crippen molar-refractivity contribution in [2.75, 3.05) is 24.5 Å². The van der Waals surface area contributed by atoms with Crippen LogP contribution in [0, 0.1) is 0 Å². The molecule has 0 spiro atoms. The molecule has 3 aromatic rings. The summed E-state index contributed by atoms with van der Waals surface area (Å²) in [5.74, 6) is -1.32. The van der Waals surface area contributed by atoms with E-state index < -0.39 is 27.8 Å². The Hall–Kier alpha value is -4.18. The van der Waals surface area contributed by atoms with Gasteiger partial charge in [0.05, 0.1) is 34.9 Å². The minimum atomic E-state index is -3.99. The van der Waals surface area contributed by atoms with Gasteiger partial charge in [-0.05, 0) is 62.4 Å². The van der Waals surface area contributed by atoms with Gasteiger partial charge in [-0.1, -0.05) is 48.5 Å². The molecule has 10 heteroatoms. The van der Waals surface area contributed by atoms with E-state index in [4.69, 9.17) is 9.47 Å². The zero-order valence-electron chi connectivity index (χ0n) is 22.3. The first-order chi connectivity index (χ1) is 19.3. The third kappa shape index (κ3) is 7.06. The number of fused-ring (bicyclic) bond motifs is 1. The summed E-state index contributed by atoms with van der Waals surface area (Å²) in [6.07, 6.45) is 2.74. The second-order valence-electron chi connectivity index (χ2n) is 9.27. The van der Waals surface area contributed by atoms with Crippen LogP contribution in [-0.2, 0) is 26.0 Å². The number of sulfonamides is 1. The minimum absolute atomic E-state index is 0.0336. The molecule has 9 nitrogen and oxygen atoms in total. The number of amides is 2. The van der Waals surface area contributed by atoms with Crippen LogP contribution in [0.1, 0.15) is 58.9 Å². The van der Waals surface area contributed by atoms with Gasteiger partial charge < -0.3 is 9.47 Å². The Kier molecular flexibility index (Phi) is 9.55. The molecule has 4 rings (SSSR count). The molecule has 1 heterocycles. The van der Waals surface area contributed by atoms with Gasteiger partial charge in [0, 0.05) is 13.0 Å². The van der Waals surface area contributed by atoms with Crippen LogP contribution >= 0.6 is 0 Å². The number of benzene rings is 3. The van der Waals surface area contributed by atoms with Gasteiger partial charge in [0.15, 0.2) is 0 Å². The minimum Gasteiger partial charge on any atom is -0.491 e. The highest BCUT2D eigenvalue weighted by Crippen LogP contribution is 2.35. The number of hydrogen-bond donors (Lipinski definition) is 1. The molecule has 0 aromatic heterocycles. The van der Waals surface area contributed by atoms with Crippen LogP contribution in [0.25, 0.3) is 0 Å². The Morgan fingerprint density at radius 1 is 0.875 bits per heavy atom. The molecule has 40 heavy (non-hydrogen) atoms. The molecule has 0 radical (unpaired) electrons. The normalized spacial score (nSPS) is 12.8. The zero-order chi connectivity index (χ0) is 28.5. The largest absolute Gasteiger partial charge is 0.491 e. The highest BCUT2D eigenvalue weighted by Gasteiger charge is 2.37. The van der Waals surface area contributed by atoms with Crippen LogP contribution in [-0.4, -0.2) is 50.9 Å². The number of carbonyl (C=O) groups is 3. The van der Waals surface area contributed by atoms with Crippen molar-refractivity contribution in [3.63, 3.8) is 0 Å². The number of unbranched alkanes of at least 4 members (excludes halogenated alkanes) is 1. The van der Waals surface area contributed by atoms with E-state index in [1.54, 1.807) is 25.1 Å². The molecule has 1 N–H and O–H groups in total. The molecule has 1 aliphatic heterocycles. The van der Waals surface area contributed by atoms with E-state index in [-0.39, 0.29) is 60.1 Å². The Labute approximate surface area is 234 Å². The monoisotopic (exact) mass is 564 g/mol. The van der Waals surface area contributed by atoms with Crippen LogP contribution < -0.4 is 9.46 Å². The molecule has 3 aromatic carbocycles. The van der Waals surface area contributed by atoms with Crippen molar-refractivity contribution in [2.24, 2.45) is 0 Å². The lowest BCUT2D eigenvalue weighted by atomic mass is 10.1. The highest BCUT2D eigenvalue weighted by molar-refractivity contribution is 7.92. The lowest BCUT2D eigenvalue weighted by Gasteiger charge is -2.15. The Bertz CT molecular complexity index is 1460.